The lowest BCUT2D eigenvalue weighted by atomic mass is 10.2. The maximum Gasteiger partial charge on any atom is 0.251 e. The quantitative estimate of drug-likeness (QED) is 0.814. The molecule has 0 aliphatic heterocycles. The Kier molecular flexibility index (Phi) is 3.57. The molecule has 2 aromatic rings. The maximum atomic E-state index is 12.7. The highest BCUT2D eigenvalue weighted by atomic mass is 19.1. The molecule has 2 aromatic carbocycles. The van der Waals surface area contributed by atoms with Crippen molar-refractivity contribution in [2.45, 2.75) is 6.54 Å². The molecule has 18 heavy (non-hydrogen) atoms. The standard InChI is InChI=1S/C14H13FN2O/c15-12-5-3-11(4-6-12)14(18)17-9-10-1-7-13(16)8-2-10/h1-8H,9,16H2,(H,17,18). The van der Waals surface area contributed by atoms with Crippen molar-refractivity contribution in [3.05, 3.63) is 65.5 Å². The third-order valence-corrected chi connectivity index (χ3v) is 2.54. The second kappa shape index (κ2) is 5.31. The molecule has 0 saturated heterocycles. The molecule has 2 rings (SSSR count). The van der Waals surface area contributed by atoms with E-state index in [9.17, 15) is 9.18 Å². The number of halogens is 1. The fourth-order valence-corrected chi connectivity index (χ4v) is 1.52. The molecule has 4 heteroatoms. The number of nitrogen functional groups attached to an aromatic ring is 1. The number of carbonyl (C=O) groups is 1. The highest BCUT2D eigenvalue weighted by molar-refractivity contribution is 5.94. The maximum absolute atomic E-state index is 12.7. The molecule has 0 heterocycles. The first-order valence-corrected chi connectivity index (χ1v) is 5.53. The molecule has 1 amide bonds. The highest BCUT2D eigenvalue weighted by Gasteiger charge is 2.04. The van der Waals surface area contributed by atoms with Gasteiger partial charge in [-0.1, -0.05) is 12.1 Å². The zero-order valence-electron chi connectivity index (χ0n) is 9.69. The Bertz CT molecular complexity index is 535. The van der Waals surface area contributed by atoms with Gasteiger partial charge in [0.25, 0.3) is 5.91 Å². The van der Waals surface area contributed by atoms with Crippen molar-refractivity contribution < 1.29 is 9.18 Å². The minimum absolute atomic E-state index is 0.230. The molecule has 0 saturated carbocycles. The van der Waals surface area contributed by atoms with Gasteiger partial charge in [0.1, 0.15) is 5.82 Å². The molecule has 92 valence electrons. The van der Waals surface area contributed by atoms with Gasteiger partial charge in [-0.25, -0.2) is 4.39 Å². The van der Waals surface area contributed by atoms with Crippen LogP contribution in [-0.4, -0.2) is 5.91 Å². The summed E-state index contributed by atoms with van der Waals surface area (Å²) in [6.07, 6.45) is 0. The molecule has 0 atom stereocenters. The summed E-state index contributed by atoms with van der Waals surface area (Å²) in [4.78, 5) is 11.7. The van der Waals surface area contributed by atoms with E-state index in [-0.39, 0.29) is 11.7 Å². The zero-order chi connectivity index (χ0) is 13.0. The summed E-state index contributed by atoms with van der Waals surface area (Å²) in [6, 6.07) is 12.7. The van der Waals surface area contributed by atoms with Gasteiger partial charge in [0, 0.05) is 17.8 Å². The van der Waals surface area contributed by atoms with Crippen LogP contribution in [0.15, 0.2) is 48.5 Å². The van der Waals surface area contributed by atoms with Gasteiger partial charge < -0.3 is 11.1 Å². The average molecular weight is 244 g/mol. The Morgan fingerprint density at radius 2 is 1.67 bits per heavy atom. The second-order valence-electron chi connectivity index (χ2n) is 3.93. The van der Waals surface area contributed by atoms with Crippen LogP contribution in [0.4, 0.5) is 10.1 Å². The molecule has 3 nitrogen and oxygen atoms in total. The summed E-state index contributed by atoms with van der Waals surface area (Å²) in [5.74, 6) is -0.586. The molecule has 0 aromatic heterocycles. The Hall–Kier alpha value is -2.36. The first kappa shape index (κ1) is 12.1. The van der Waals surface area contributed by atoms with Gasteiger partial charge in [-0.3, -0.25) is 4.79 Å². The van der Waals surface area contributed by atoms with Crippen molar-refractivity contribution in [3.63, 3.8) is 0 Å². The van der Waals surface area contributed by atoms with Crippen LogP contribution in [0, 0.1) is 5.82 Å². The van der Waals surface area contributed by atoms with Crippen molar-refractivity contribution in [2.24, 2.45) is 0 Å². The van der Waals surface area contributed by atoms with E-state index in [1.165, 1.54) is 24.3 Å². The van der Waals surface area contributed by atoms with Crippen LogP contribution in [0.5, 0.6) is 0 Å². The minimum Gasteiger partial charge on any atom is -0.399 e. The predicted molar refractivity (Wildman–Crippen MR) is 68.4 cm³/mol. The fourth-order valence-electron chi connectivity index (χ4n) is 1.52. The topological polar surface area (TPSA) is 55.1 Å². The molecule has 0 unspecified atom stereocenters. The lowest BCUT2D eigenvalue weighted by molar-refractivity contribution is 0.0951. The van der Waals surface area contributed by atoms with E-state index in [0.29, 0.717) is 17.8 Å². The fraction of sp³-hybridized carbons (Fsp3) is 0.0714. The summed E-state index contributed by atoms with van der Waals surface area (Å²) < 4.78 is 12.7. The third-order valence-electron chi connectivity index (χ3n) is 2.54. The smallest absolute Gasteiger partial charge is 0.251 e. The van der Waals surface area contributed by atoms with Crippen molar-refractivity contribution in [1.82, 2.24) is 5.32 Å². The van der Waals surface area contributed by atoms with Gasteiger partial charge in [-0.05, 0) is 42.0 Å². The number of hydrogen-bond donors (Lipinski definition) is 2. The van der Waals surface area contributed by atoms with E-state index in [0.717, 1.165) is 5.56 Å². The Labute approximate surface area is 104 Å². The number of carbonyl (C=O) groups excluding carboxylic acids is 1. The van der Waals surface area contributed by atoms with E-state index in [1.54, 1.807) is 12.1 Å². The molecule has 0 spiro atoms. The third kappa shape index (κ3) is 3.07. The summed E-state index contributed by atoms with van der Waals surface area (Å²) in [5, 5.41) is 2.75. The van der Waals surface area contributed by atoms with Gasteiger partial charge in [0.15, 0.2) is 0 Å². The molecule has 0 aliphatic rings. The molecule has 3 N–H and O–H groups in total. The first-order valence-electron chi connectivity index (χ1n) is 5.53. The lowest BCUT2D eigenvalue weighted by Gasteiger charge is -2.05. The largest absolute Gasteiger partial charge is 0.399 e. The van der Waals surface area contributed by atoms with E-state index in [4.69, 9.17) is 5.73 Å². The monoisotopic (exact) mass is 244 g/mol. The molecular formula is C14H13FN2O. The zero-order valence-corrected chi connectivity index (χ0v) is 9.69. The molecule has 0 bridgehead atoms. The van der Waals surface area contributed by atoms with E-state index < -0.39 is 0 Å². The van der Waals surface area contributed by atoms with Gasteiger partial charge in [-0.15, -0.1) is 0 Å². The first-order chi connectivity index (χ1) is 8.65. The molecular weight excluding hydrogens is 231 g/mol. The van der Waals surface area contributed by atoms with Crippen molar-refractivity contribution >= 4 is 11.6 Å². The van der Waals surface area contributed by atoms with Gasteiger partial charge >= 0.3 is 0 Å². The Morgan fingerprint density at radius 3 is 2.28 bits per heavy atom. The van der Waals surface area contributed by atoms with Crippen LogP contribution in [-0.2, 0) is 6.54 Å². The van der Waals surface area contributed by atoms with Gasteiger partial charge in [0.05, 0.1) is 0 Å². The van der Waals surface area contributed by atoms with E-state index in [1.807, 2.05) is 12.1 Å². The molecule has 0 radical (unpaired) electrons. The van der Waals surface area contributed by atoms with Crippen LogP contribution < -0.4 is 11.1 Å². The van der Waals surface area contributed by atoms with Crippen LogP contribution in [0.25, 0.3) is 0 Å². The second-order valence-corrected chi connectivity index (χ2v) is 3.93. The number of benzene rings is 2. The Balaban J connectivity index is 1.96. The van der Waals surface area contributed by atoms with Crippen molar-refractivity contribution in [1.29, 1.82) is 0 Å². The SMILES string of the molecule is Nc1ccc(CNC(=O)c2ccc(F)cc2)cc1. The number of nitrogens with two attached hydrogens (primary N) is 1. The molecule has 0 fully saturated rings. The van der Waals surface area contributed by atoms with Crippen LogP contribution in [0.3, 0.4) is 0 Å². The van der Waals surface area contributed by atoms with E-state index >= 15 is 0 Å². The number of hydrogen-bond acceptors (Lipinski definition) is 2. The van der Waals surface area contributed by atoms with E-state index in [2.05, 4.69) is 5.32 Å². The van der Waals surface area contributed by atoms with Crippen LogP contribution >= 0.6 is 0 Å². The average Bonchev–Trinajstić information content (AvgIpc) is 2.38. The number of rotatable bonds is 3. The normalized spacial score (nSPS) is 10.1. The highest BCUT2D eigenvalue weighted by Crippen LogP contribution is 2.06. The summed E-state index contributed by atoms with van der Waals surface area (Å²) in [7, 11) is 0. The van der Waals surface area contributed by atoms with Crippen molar-refractivity contribution in [3.8, 4) is 0 Å². The van der Waals surface area contributed by atoms with Gasteiger partial charge in [0.2, 0.25) is 0 Å². The summed E-state index contributed by atoms with van der Waals surface area (Å²) >= 11 is 0. The number of nitrogens with one attached hydrogen (secondary N) is 1. The predicted octanol–water partition coefficient (Wildman–Crippen LogP) is 2.34. The summed E-state index contributed by atoms with van der Waals surface area (Å²) in [5.41, 5.74) is 7.64. The summed E-state index contributed by atoms with van der Waals surface area (Å²) in [6.45, 7) is 0.413. The lowest BCUT2D eigenvalue weighted by Crippen LogP contribution is -2.22. The van der Waals surface area contributed by atoms with Gasteiger partial charge in [-0.2, -0.15) is 0 Å². The number of amides is 1. The molecule has 0 aliphatic carbocycles. The van der Waals surface area contributed by atoms with Crippen molar-refractivity contribution in [2.75, 3.05) is 5.73 Å². The minimum atomic E-state index is -0.356. The number of anilines is 1. The van der Waals surface area contributed by atoms with Crippen LogP contribution in [0.2, 0.25) is 0 Å². The van der Waals surface area contributed by atoms with Crippen LogP contribution in [0.1, 0.15) is 15.9 Å². The Morgan fingerprint density at radius 1 is 1.06 bits per heavy atom.